The summed E-state index contributed by atoms with van der Waals surface area (Å²) in [4.78, 5) is 21.5. The molecule has 0 heterocycles. The van der Waals surface area contributed by atoms with E-state index in [2.05, 4.69) is 0 Å². The second-order valence-electron chi connectivity index (χ2n) is 3.87. The molecule has 116 valence electrons. The molecule has 0 radical (unpaired) electrons. The highest BCUT2D eigenvalue weighted by atomic mass is 19.2. The number of aliphatic hydroxyl groups excluding tert-OH is 1. The van der Waals surface area contributed by atoms with Crippen molar-refractivity contribution in [2.24, 2.45) is 0 Å². The third-order valence-corrected chi connectivity index (χ3v) is 2.34. The molecule has 0 aromatic heterocycles. The van der Waals surface area contributed by atoms with Gasteiger partial charge in [-0.25, -0.2) is 27.2 Å². The molecule has 2 amide bonds. The average molecular weight is 310 g/mol. The smallest absolute Gasteiger partial charge is 0.332 e. The van der Waals surface area contributed by atoms with Gasteiger partial charge in [0.15, 0.2) is 29.4 Å². The predicted octanol–water partition coefficient (Wildman–Crippen LogP) is 1.20. The van der Waals surface area contributed by atoms with Crippen LogP contribution in [0.15, 0.2) is 6.07 Å². The van der Waals surface area contributed by atoms with E-state index in [1.807, 2.05) is 5.32 Å². The molecule has 1 rings (SSSR count). The number of aliphatic hydroxyl groups is 1. The summed E-state index contributed by atoms with van der Waals surface area (Å²) in [6.07, 6.45) is -2.10. The molecule has 0 aliphatic carbocycles. The van der Waals surface area contributed by atoms with Crippen molar-refractivity contribution in [2.75, 3.05) is 11.9 Å². The molecule has 0 saturated heterocycles. The number of carboxylic acid groups (broad SMARTS) is 1. The van der Waals surface area contributed by atoms with Gasteiger partial charge in [0.1, 0.15) is 5.69 Å². The Kier molecular flexibility index (Phi) is 5.47. The van der Waals surface area contributed by atoms with Crippen molar-refractivity contribution in [3.05, 3.63) is 29.3 Å². The molecular weight excluding hydrogens is 300 g/mol. The summed E-state index contributed by atoms with van der Waals surface area (Å²) < 4.78 is 52.2. The van der Waals surface area contributed by atoms with E-state index in [0.29, 0.717) is 0 Å². The molecule has 4 N–H and O–H groups in total. The lowest BCUT2D eigenvalue weighted by molar-refractivity contribution is -0.146. The molecule has 21 heavy (non-hydrogen) atoms. The molecule has 0 bridgehead atoms. The number of aliphatic carboxylic acids is 1. The maximum atomic E-state index is 13.2. The van der Waals surface area contributed by atoms with Crippen molar-refractivity contribution in [1.29, 1.82) is 0 Å². The van der Waals surface area contributed by atoms with Crippen LogP contribution in [-0.2, 0) is 4.79 Å². The van der Waals surface area contributed by atoms with Crippen molar-refractivity contribution in [3.8, 4) is 0 Å². The minimum absolute atomic E-state index is 0.0169. The summed E-state index contributed by atoms with van der Waals surface area (Å²) in [7, 11) is 0. The van der Waals surface area contributed by atoms with Crippen LogP contribution >= 0.6 is 0 Å². The Bertz CT molecular complexity index is 541. The number of anilines is 1. The molecule has 0 aliphatic rings. The number of carboxylic acids is 1. The molecule has 6 nitrogen and oxygen atoms in total. The zero-order valence-electron chi connectivity index (χ0n) is 10.3. The van der Waals surface area contributed by atoms with Gasteiger partial charge in [-0.05, 0) is 0 Å². The van der Waals surface area contributed by atoms with Gasteiger partial charge in [0.2, 0.25) is 0 Å². The Balaban J connectivity index is 2.66. The predicted molar refractivity (Wildman–Crippen MR) is 61.6 cm³/mol. The number of hydrogen-bond donors (Lipinski definition) is 4. The van der Waals surface area contributed by atoms with E-state index in [9.17, 15) is 27.2 Å². The van der Waals surface area contributed by atoms with Gasteiger partial charge in [-0.1, -0.05) is 0 Å². The lowest BCUT2D eigenvalue weighted by atomic mass is 10.2. The normalized spacial score (nSPS) is 11.9. The van der Waals surface area contributed by atoms with Gasteiger partial charge in [-0.15, -0.1) is 0 Å². The van der Waals surface area contributed by atoms with E-state index in [0.717, 1.165) is 0 Å². The van der Waals surface area contributed by atoms with Crippen LogP contribution in [0.1, 0.15) is 6.42 Å². The van der Waals surface area contributed by atoms with Gasteiger partial charge >= 0.3 is 12.0 Å². The van der Waals surface area contributed by atoms with Gasteiger partial charge < -0.3 is 20.8 Å². The van der Waals surface area contributed by atoms with Crippen molar-refractivity contribution in [1.82, 2.24) is 5.32 Å². The van der Waals surface area contributed by atoms with E-state index < -0.39 is 47.1 Å². The monoisotopic (exact) mass is 310 g/mol. The number of nitrogens with one attached hydrogen (secondary N) is 2. The third kappa shape index (κ3) is 4.31. The first kappa shape index (κ1) is 16.7. The summed E-state index contributed by atoms with van der Waals surface area (Å²) in [5.41, 5.74) is -1.32. The highest BCUT2D eigenvalue weighted by molar-refractivity contribution is 5.89. The Labute approximate surface area is 115 Å². The summed E-state index contributed by atoms with van der Waals surface area (Å²) in [6, 6.07) is -1.24. The minimum Gasteiger partial charge on any atom is -0.479 e. The summed E-state index contributed by atoms with van der Waals surface area (Å²) in [5.74, 6) is -8.46. The summed E-state index contributed by atoms with van der Waals surface area (Å²) >= 11 is 0. The number of urea groups is 1. The molecule has 0 aliphatic heterocycles. The third-order valence-electron chi connectivity index (χ3n) is 2.34. The molecule has 10 heteroatoms. The first-order valence-electron chi connectivity index (χ1n) is 5.52. The number of carbonyl (C=O) groups is 2. The van der Waals surface area contributed by atoms with E-state index in [1.165, 1.54) is 0 Å². The Morgan fingerprint density at radius 1 is 1.14 bits per heavy atom. The maximum absolute atomic E-state index is 13.2. The quantitative estimate of drug-likeness (QED) is 0.485. The fraction of sp³-hybridized carbons (Fsp3) is 0.273. The van der Waals surface area contributed by atoms with Crippen LogP contribution in [0.25, 0.3) is 0 Å². The molecule has 0 unspecified atom stereocenters. The fourth-order valence-electron chi connectivity index (χ4n) is 1.29. The molecule has 0 saturated carbocycles. The van der Waals surface area contributed by atoms with Gasteiger partial charge in [0, 0.05) is 19.0 Å². The molecule has 1 aromatic carbocycles. The average Bonchev–Trinajstić information content (AvgIpc) is 2.41. The van der Waals surface area contributed by atoms with E-state index in [4.69, 9.17) is 10.2 Å². The van der Waals surface area contributed by atoms with Crippen molar-refractivity contribution < 1.29 is 37.4 Å². The van der Waals surface area contributed by atoms with Crippen LogP contribution in [0.2, 0.25) is 0 Å². The largest absolute Gasteiger partial charge is 0.479 e. The first-order chi connectivity index (χ1) is 9.73. The van der Waals surface area contributed by atoms with Crippen LogP contribution in [0.3, 0.4) is 0 Å². The SMILES string of the molecule is O=C(NCC[C@H](O)C(=O)O)Nc1c(F)c(F)cc(F)c1F. The number of carbonyl (C=O) groups excluding carboxylic acids is 1. The topological polar surface area (TPSA) is 98.7 Å². The van der Waals surface area contributed by atoms with Gasteiger partial charge in [-0.2, -0.15) is 0 Å². The maximum Gasteiger partial charge on any atom is 0.332 e. The van der Waals surface area contributed by atoms with E-state index >= 15 is 0 Å². The number of benzene rings is 1. The number of hydrogen-bond acceptors (Lipinski definition) is 3. The highest BCUT2D eigenvalue weighted by Gasteiger charge is 2.21. The second-order valence-corrected chi connectivity index (χ2v) is 3.87. The fourth-order valence-corrected chi connectivity index (χ4v) is 1.29. The molecule has 1 aromatic rings. The van der Waals surface area contributed by atoms with Crippen LogP contribution < -0.4 is 10.6 Å². The molecule has 0 spiro atoms. The molecule has 1 atom stereocenters. The van der Waals surface area contributed by atoms with Crippen molar-refractivity contribution in [2.45, 2.75) is 12.5 Å². The minimum atomic E-state index is -1.78. The van der Waals surface area contributed by atoms with Crippen molar-refractivity contribution >= 4 is 17.7 Å². The summed E-state index contributed by atoms with van der Waals surface area (Å²) in [5, 5.41) is 20.8. The van der Waals surface area contributed by atoms with Crippen molar-refractivity contribution in [3.63, 3.8) is 0 Å². The molecular formula is C11H10F4N2O4. The van der Waals surface area contributed by atoms with Crippen LogP contribution in [0, 0.1) is 23.3 Å². The lowest BCUT2D eigenvalue weighted by Gasteiger charge is -2.11. The molecule has 0 fully saturated rings. The highest BCUT2D eigenvalue weighted by Crippen LogP contribution is 2.23. The standard InChI is InChI=1S/C11H10F4N2O4/c12-4-3-5(13)8(15)9(7(4)14)17-11(21)16-2-1-6(18)10(19)20/h3,6,18H,1-2H2,(H,19,20)(H2,16,17,21)/t6-/m0/s1. The zero-order chi connectivity index (χ0) is 16.2. The van der Waals surface area contributed by atoms with Gasteiger partial charge in [-0.3, -0.25) is 0 Å². The number of rotatable bonds is 5. The van der Waals surface area contributed by atoms with E-state index in [1.54, 1.807) is 5.32 Å². The van der Waals surface area contributed by atoms with E-state index in [-0.39, 0.29) is 19.0 Å². The summed E-state index contributed by atoms with van der Waals surface area (Å²) in [6.45, 7) is -0.347. The van der Waals surface area contributed by atoms with Gasteiger partial charge in [0.05, 0.1) is 0 Å². The van der Waals surface area contributed by atoms with Crippen LogP contribution in [0.5, 0.6) is 0 Å². The Hall–Kier alpha value is -2.36. The first-order valence-corrected chi connectivity index (χ1v) is 5.52. The zero-order valence-corrected chi connectivity index (χ0v) is 10.3. The second kappa shape index (κ2) is 6.88. The van der Waals surface area contributed by atoms with Gasteiger partial charge in [0.25, 0.3) is 0 Å². The van der Waals surface area contributed by atoms with Crippen LogP contribution in [-0.4, -0.2) is 34.9 Å². The number of amides is 2. The van der Waals surface area contributed by atoms with Crippen LogP contribution in [0.4, 0.5) is 28.0 Å². The Morgan fingerprint density at radius 3 is 2.14 bits per heavy atom. The lowest BCUT2D eigenvalue weighted by Crippen LogP contribution is -2.33. The number of halogens is 4. The Morgan fingerprint density at radius 2 is 1.67 bits per heavy atom.